The third-order valence-corrected chi connectivity index (χ3v) is 5.48. The van der Waals surface area contributed by atoms with E-state index in [9.17, 15) is 9.18 Å². The molecule has 1 amide bonds. The Morgan fingerprint density at radius 2 is 1.71 bits per heavy atom. The highest BCUT2D eigenvalue weighted by Gasteiger charge is 2.09. The molecule has 0 saturated heterocycles. The molecule has 0 spiro atoms. The Bertz CT molecular complexity index is 1300. The Morgan fingerprint density at radius 3 is 2.49 bits per heavy atom. The third-order valence-electron chi connectivity index (χ3n) is 5.48. The smallest absolute Gasteiger partial charge is 0.271 e. The second kappa shape index (κ2) is 11.8. The zero-order valence-corrected chi connectivity index (χ0v) is 19.5. The summed E-state index contributed by atoms with van der Waals surface area (Å²) in [6.45, 7) is 3.04. The van der Waals surface area contributed by atoms with Crippen LogP contribution in [0, 0.1) is 5.82 Å². The maximum Gasteiger partial charge on any atom is 0.271 e. The molecule has 0 aliphatic rings. The number of amides is 1. The summed E-state index contributed by atoms with van der Waals surface area (Å²) in [7, 11) is 0. The lowest BCUT2D eigenvalue weighted by Gasteiger charge is -2.12. The number of hydrazone groups is 1. The topological polar surface area (TPSA) is 59.9 Å². The van der Waals surface area contributed by atoms with Gasteiger partial charge in [0.05, 0.1) is 12.8 Å². The molecule has 0 atom stereocenters. The van der Waals surface area contributed by atoms with Crippen LogP contribution in [0.5, 0.6) is 11.5 Å². The second-order valence-corrected chi connectivity index (χ2v) is 8.04. The van der Waals surface area contributed by atoms with Crippen molar-refractivity contribution in [2.45, 2.75) is 26.4 Å². The van der Waals surface area contributed by atoms with Crippen LogP contribution < -0.4 is 14.9 Å². The van der Waals surface area contributed by atoms with Crippen LogP contribution in [0.1, 0.15) is 41.3 Å². The van der Waals surface area contributed by atoms with E-state index in [1.165, 1.54) is 12.1 Å². The molecule has 35 heavy (non-hydrogen) atoms. The average molecular weight is 471 g/mol. The van der Waals surface area contributed by atoms with Crippen LogP contribution in [0.2, 0.25) is 0 Å². The van der Waals surface area contributed by atoms with Crippen LogP contribution in [-0.4, -0.2) is 18.7 Å². The van der Waals surface area contributed by atoms with Gasteiger partial charge in [-0.2, -0.15) is 5.10 Å². The van der Waals surface area contributed by atoms with Gasteiger partial charge in [-0.05, 0) is 65.2 Å². The number of carbonyl (C=O) groups excluding carboxylic acids is 1. The van der Waals surface area contributed by atoms with E-state index in [4.69, 9.17) is 9.47 Å². The van der Waals surface area contributed by atoms with Gasteiger partial charge >= 0.3 is 0 Å². The molecule has 0 aliphatic carbocycles. The molecule has 4 rings (SSSR count). The number of hydrogen-bond donors (Lipinski definition) is 1. The largest absolute Gasteiger partial charge is 0.494 e. The van der Waals surface area contributed by atoms with Crippen molar-refractivity contribution < 1.29 is 18.7 Å². The standard InChI is InChI=1S/C29H27FN2O3/c1-2-3-18-34-25-15-10-23(11-16-25)29(33)32-31-19-27-26-7-5-4-6-22(26)12-17-28(27)35-20-21-8-13-24(30)14-9-21/h4-17,19H,2-3,18,20H2,1H3,(H,32,33). The Labute approximate surface area is 204 Å². The van der Waals surface area contributed by atoms with Crippen LogP contribution in [0.3, 0.4) is 0 Å². The van der Waals surface area contributed by atoms with E-state index in [1.807, 2.05) is 36.4 Å². The summed E-state index contributed by atoms with van der Waals surface area (Å²) in [4.78, 5) is 12.6. The number of halogens is 1. The molecule has 0 aliphatic heterocycles. The van der Waals surface area contributed by atoms with E-state index in [-0.39, 0.29) is 18.3 Å². The number of unbranched alkanes of at least 4 members (excludes halogenated alkanes) is 1. The van der Waals surface area contributed by atoms with Crippen molar-refractivity contribution in [2.75, 3.05) is 6.61 Å². The van der Waals surface area contributed by atoms with Gasteiger partial charge < -0.3 is 9.47 Å². The highest BCUT2D eigenvalue weighted by Crippen LogP contribution is 2.27. The second-order valence-electron chi connectivity index (χ2n) is 8.04. The predicted molar refractivity (Wildman–Crippen MR) is 137 cm³/mol. The zero-order chi connectivity index (χ0) is 24.5. The van der Waals surface area contributed by atoms with Crippen molar-refractivity contribution in [1.82, 2.24) is 5.43 Å². The first-order valence-electron chi connectivity index (χ1n) is 11.6. The average Bonchev–Trinajstić information content (AvgIpc) is 2.89. The molecule has 0 fully saturated rings. The number of fused-ring (bicyclic) bond motifs is 1. The number of ether oxygens (including phenoxy) is 2. The summed E-state index contributed by atoms with van der Waals surface area (Å²) in [6.07, 6.45) is 3.64. The summed E-state index contributed by atoms with van der Waals surface area (Å²) < 4.78 is 24.9. The first-order chi connectivity index (χ1) is 17.1. The number of benzene rings is 4. The number of nitrogens with one attached hydrogen (secondary N) is 1. The predicted octanol–water partition coefficient (Wildman–Crippen LogP) is 6.50. The van der Waals surface area contributed by atoms with Gasteiger partial charge in [0.25, 0.3) is 5.91 Å². The first-order valence-corrected chi connectivity index (χ1v) is 11.6. The molecule has 0 bridgehead atoms. The molecule has 1 N–H and O–H groups in total. The Hall–Kier alpha value is -4.19. The van der Waals surface area contributed by atoms with Crippen molar-refractivity contribution in [3.05, 3.63) is 107 Å². The maximum absolute atomic E-state index is 13.2. The maximum atomic E-state index is 13.2. The summed E-state index contributed by atoms with van der Waals surface area (Å²) in [6, 6.07) is 24.9. The highest BCUT2D eigenvalue weighted by molar-refractivity contribution is 6.03. The number of nitrogens with zero attached hydrogens (tertiary/aromatic N) is 1. The molecule has 4 aromatic rings. The van der Waals surface area contributed by atoms with E-state index >= 15 is 0 Å². The SMILES string of the molecule is CCCCOc1ccc(C(=O)NN=Cc2c(OCc3ccc(F)cc3)ccc3ccccc23)cc1. The van der Waals surface area contributed by atoms with Crippen molar-refractivity contribution in [2.24, 2.45) is 5.10 Å². The van der Waals surface area contributed by atoms with Crippen molar-refractivity contribution >= 4 is 22.9 Å². The summed E-state index contributed by atoms with van der Waals surface area (Å²) in [5, 5.41) is 6.15. The van der Waals surface area contributed by atoms with Crippen LogP contribution in [0.25, 0.3) is 10.8 Å². The molecular weight excluding hydrogens is 443 g/mol. The molecule has 4 aromatic carbocycles. The summed E-state index contributed by atoms with van der Waals surface area (Å²) in [5.74, 6) is 0.730. The molecule has 0 heterocycles. The Morgan fingerprint density at radius 1 is 0.943 bits per heavy atom. The lowest BCUT2D eigenvalue weighted by atomic mass is 10.0. The van der Waals surface area contributed by atoms with E-state index in [0.717, 1.165) is 40.5 Å². The van der Waals surface area contributed by atoms with Gasteiger partial charge in [-0.1, -0.05) is 55.8 Å². The molecule has 6 heteroatoms. The fraction of sp³-hybridized carbons (Fsp3) is 0.172. The van der Waals surface area contributed by atoms with Crippen LogP contribution in [0.4, 0.5) is 4.39 Å². The molecule has 0 aromatic heterocycles. The fourth-order valence-electron chi connectivity index (χ4n) is 3.53. The van der Waals surface area contributed by atoms with E-state index in [2.05, 4.69) is 17.5 Å². The van der Waals surface area contributed by atoms with Gasteiger partial charge in [0.1, 0.15) is 23.9 Å². The van der Waals surface area contributed by atoms with Gasteiger partial charge in [0.15, 0.2) is 0 Å². The fourth-order valence-corrected chi connectivity index (χ4v) is 3.53. The van der Waals surface area contributed by atoms with Gasteiger partial charge in [-0.25, -0.2) is 9.82 Å². The van der Waals surface area contributed by atoms with E-state index < -0.39 is 0 Å². The monoisotopic (exact) mass is 470 g/mol. The number of rotatable bonds is 10. The van der Waals surface area contributed by atoms with Crippen molar-refractivity contribution in [1.29, 1.82) is 0 Å². The van der Waals surface area contributed by atoms with Gasteiger partial charge in [0.2, 0.25) is 0 Å². The highest BCUT2D eigenvalue weighted by atomic mass is 19.1. The first kappa shape index (κ1) is 24.0. The minimum Gasteiger partial charge on any atom is -0.494 e. The number of hydrogen-bond acceptors (Lipinski definition) is 4. The number of carbonyl (C=O) groups is 1. The quantitative estimate of drug-likeness (QED) is 0.163. The zero-order valence-electron chi connectivity index (χ0n) is 19.5. The molecule has 0 radical (unpaired) electrons. The Balaban J connectivity index is 1.47. The molecular formula is C29H27FN2O3. The third kappa shape index (κ3) is 6.44. The van der Waals surface area contributed by atoms with Crippen LogP contribution >= 0.6 is 0 Å². The van der Waals surface area contributed by atoms with Gasteiger partial charge in [0, 0.05) is 11.1 Å². The minimum atomic E-state index is -0.324. The molecule has 0 unspecified atom stereocenters. The van der Waals surface area contributed by atoms with Crippen LogP contribution in [0.15, 0.2) is 90.0 Å². The lowest BCUT2D eigenvalue weighted by molar-refractivity contribution is 0.0955. The molecule has 178 valence electrons. The van der Waals surface area contributed by atoms with Crippen molar-refractivity contribution in [3.8, 4) is 11.5 Å². The summed E-state index contributed by atoms with van der Waals surface area (Å²) in [5.41, 5.74) is 4.65. The summed E-state index contributed by atoms with van der Waals surface area (Å²) >= 11 is 0. The normalized spacial score (nSPS) is 11.0. The van der Waals surface area contributed by atoms with Crippen molar-refractivity contribution in [3.63, 3.8) is 0 Å². The lowest BCUT2D eigenvalue weighted by Crippen LogP contribution is -2.17. The van der Waals surface area contributed by atoms with Gasteiger partial charge in [-0.3, -0.25) is 4.79 Å². The van der Waals surface area contributed by atoms with E-state index in [1.54, 1.807) is 42.6 Å². The Kier molecular flexibility index (Phi) is 8.07. The molecule has 5 nitrogen and oxygen atoms in total. The minimum absolute atomic E-state index is 0.276. The van der Waals surface area contributed by atoms with Crippen LogP contribution in [-0.2, 0) is 6.61 Å². The van der Waals surface area contributed by atoms with Gasteiger partial charge in [-0.15, -0.1) is 0 Å². The molecule has 0 saturated carbocycles. The van der Waals surface area contributed by atoms with E-state index in [0.29, 0.717) is 17.9 Å².